The molecule has 2 aromatic rings. The highest BCUT2D eigenvalue weighted by atomic mass is 19.4. The molecule has 0 radical (unpaired) electrons. The predicted molar refractivity (Wildman–Crippen MR) is 88.9 cm³/mol. The second-order valence-electron chi connectivity index (χ2n) is 7.30. The molecule has 1 aromatic carbocycles. The summed E-state index contributed by atoms with van der Waals surface area (Å²) in [5.41, 5.74) is 0.571. The summed E-state index contributed by atoms with van der Waals surface area (Å²) in [7, 11) is 0. The Morgan fingerprint density at radius 1 is 1.33 bits per heavy atom. The van der Waals surface area contributed by atoms with Gasteiger partial charge in [-0.1, -0.05) is 20.8 Å². The molecular formula is C18H24F3N3. The Bertz CT molecular complexity index is 718. The molecule has 0 saturated carbocycles. The molecule has 1 fully saturated rings. The molecule has 1 aromatic heterocycles. The molecule has 1 N–H and O–H groups in total. The quantitative estimate of drug-likeness (QED) is 0.859. The van der Waals surface area contributed by atoms with Gasteiger partial charge in [0.25, 0.3) is 0 Å². The molecule has 132 valence electrons. The van der Waals surface area contributed by atoms with Crippen LogP contribution in [0.4, 0.5) is 13.2 Å². The van der Waals surface area contributed by atoms with Crippen LogP contribution >= 0.6 is 0 Å². The second-order valence-corrected chi connectivity index (χ2v) is 7.30. The first-order valence-corrected chi connectivity index (χ1v) is 8.56. The maximum absolute atomic E-state index is 13.5. The van der Waals surface area contributed by atoms with Gasteiger partial charge in [0, 0.05) is 19.0 Å². The first-order valence-electron chi connectivity index (χ1n) is 8.56. The average Bonchev–Trinajstić information content (AvgIpc) is 2.89. The van der Waals surface area contributed by atoms with Crippen LogP contribution in [0.1, 0.15) is 56.5 Å². The minimum atomic E-state index is -4.40. The highest BCUT2D eigenvalue weighted by Gasteiger charge is 2.34. The van der Waals surface area contributed by atoms with E-state index in [0.717, 1.165) is 19.5 Å². The summed E-state index contributed by atoms with van der Waals surface area (Å²) in [6, 6.07) is 3.09. The van der Waals surface area contributed by atoms with Crippen molar-refractivity contribution in [3.63, 3.8) is 0 Å². The molecule has 24 heavy (non-hydrogen) atoms. The number of benzene rings is 1. The zero-order valence-corrected chi connectivity index (χ0v) is 14.4. The second kappa shape index (κ2) is 6.39. The molecule has 2 heterocycles. The first-order chi connectivity index (χ1) is 11.2. The van der Waals surface area contributed by atoms with E-state index >= 15 is 0 Å². The summed E-state index contributed by atoms with van der Waals surface area (Å²) in [6.07, 6.45) is -2.09. The molecule has 0 spiro atoms. The largest absolute Gasteiger partial charge is 0.418 e. The van der Waals surface area contributed by atoms with Crippen molar-refractivity contribution >= 4 is 11.0 Å². The van der Waals surface area contributed by atoms with E-state index in [1.807, 2.05) is 19.9 Å². The van der Waals surface area contributed by atoms with Crippen LogP contribution in [0.5, 0.6) is 0 Å². The van der Waals surface area contributed by atoms with Crippen LogP contribution in [0, 0.1) is 5.92 Å². The Morgan fingerprint density at radius 3 is 2.71 bits per heavy atom. The fourth-order valence-corrected chi connectivity index (χ4v) is 3.47. The Labute approximate surface area is 140 Å². The Balaban J connectivity index is 1.99. The number of piperidine rings is 1. The first kappa shape index (κ1) is 17.3. The Morgan fingerprint density at radius 2 is 2.08 bits per heavy atom. The van der Waals surface area contributed by atoms with Crippen LogP contribution in [0.3, 0.4) is 0 Å². The SMILES string of the molecule is CC(C)c1nc2c(C(F)(F)F)cc(CN3CCC[C@H](C)C3)cc2[nH]1. The van der Waals surface area contributed by atoms with Crippen molar-refractivity contribution in [3.05, 3.63) is 29.1 Å². The highest BCUT2D eigenvalue weighted by Crippen LogP contribution is 2.36. The van der Waals surface area contributed by atoms with Crippen LogP contribution in [0.2, 0.25) is 0 Å². The number of alkyl halides is 3. The lowest BCUT2D eigenvalue weighted by Gasteiger charge is -2.31. The molecule has 1 saturated heterocycles. The lowest BCUT2D eigenvalue weighted by atomic mass is 9.99. The number of halogens is 3. The van der Waals surface area contributed by atoms with Gasteiger partial charge >= 0.3 is 6.18 Å². The molecule has 0 aliphatic carbocycles. The number of likely N-dealkylation sites (tertiary alicyclic amines) is 1. The van der Waals surface area contributed by atoms with E-state index in [0.29, 0.717) is 29.4 Å². The van der Waals surface area contributed by atoms with E-state index in [1.165, 1.54) is 12.5 Å². The maximum Gasteiger partial charge on any atom is 0.418 e. The van der Waals surface area contributed by atoms with Gasteiger partial charge in [0.05, 0.1) is 11.1 Å². The molecule has 3 nitrogen and oxygen atoms in total. The van der Waals surface area contributed by atoms with Crippen molar-refractivity contribution in [2.75, 3.05) is 13.1 Å². The minimum absolute atomic E-state index is 0.0296. The van der Waals surface area contributed by atoms with Gasteiger partial charge in [-0.25, -0.2) is 4.98 Å². The third-order valence-electron chi connectivity index (χ3n) is 4.66. The summed E-state index contributed by atoms with van der Waals surface area (Å²) in [4.78, 5) is 9.50. The molecular weight excluding hydrogens is 315 g/mol. The van der Waals surface area contributed by atoms with Crippen molar-refractivity contribution in [3.8, 4) is 0 Å². The van der Waals surface area contributed by atoms with E-state index in [-0.39, 0.29) is 11.4 Å². The molecule has 3 rings (SSSR count). The summed E-state index contributed by atoms with van der Waals surface area (Å²) >= 11 is 0. The average molecular weight is 339 g/mol. The maximum atomic E-state index is 13.5. The summed E-state index contributed by atoms with van der Waals surface area (Å²) < 4.78 is 40.4. The molecule has 1 atom stereocenters. The zero-order valence-electron chi connectivity index (χ0n) is 14.4. The highest BCUT2D eigenvalue weighted by molar-refractivity contribution is 5.80. The van der Waals surface area contributed by atoms with Gasteiger partial charge in [-0.15, -0.1) is 0 Å². The van der Waals surface area contributed by atoms with Crippen molar-refractivity contribution < 1.29 is 13.2 Å². The minimum Gasteiger partial charge on any atom is -0.342 e. The van der Waals surface area contributed by atoms with E-state index in [4.69, 9.17) is 0 Å². The van der Waals surface area contributed by atoms with Crippen molar-refractivity contribution in [2.24, 2.45) is 5.92 Å². The summed E-state index contributed by atoms with van der Waals surface area (Å²) in [6.45, 7) is 8.48. The van der Waals surface area contributed by atoms with Crippen LogP contribution in [0.25, 0.3) is 11.0 Å². The lowest BCUT2D eigenvalue weighted by molar-refractivity contribution is -0.136. The van der Waals surface area contributed by atoms with Gasteiger partial charge in [-0.05, 0) is 43.0 Å². The van der Waals surface area contributed by atoms with Crippen LogP contribution in [0.15, 0.2) is 12.1 Å². The number of nitrogens with one attached hydrogen (secondary N) is 1. The van der Waals surface area contributed by atoms with Crippen LogP contribution in [-0.4, -0.2) is 28.0 Å². The van der Waals surface area contributed by atoms with Crippen molar-refractivity contribution in [2.45, 2.75) is 52.3 Å². The molecule has 0 bridgehead atoms. The number of H-pyrrole nitrogens is 1. The fraction of sp³-hybridized carbons (Fsp3) is 0.611. The standard InChI is InChI=1S/C18H24F3N3/c1-11(2)17-22-15-8-13(10-24-6-4-5-12(3)9-24)7-14(16(15)23-17)18(19,20)21/h7-8,11-12H,4-6,9-10H2,1-3H3,(H,22,23)/t12-/m0/s1. The Kier molecular flexibility index (Phi) is 4.60. The summed E-state index contributed by atoms with van der Waals surface area (Å²) in [5, 5.41) is 0. The lowest BCUT2D eigenvalue weighted by Crippen LogP contribution is -2.33. The molecule has 6 heteroatoms. The van der Waals surface area contributed by atoms with Crippen molar-refractivity contribution in [1.82, 2.24) is 14.9 Å². The number of hydrogen-bond acceptors (Lipinski definition) is 2. The molecule has 1 aliphatic heterocycles. The predicted octanol–water partition coefficient (Wildman–Crippen LogP) is 4.94. The van der Waals surface area contributed by atoms with Gasteiger partial charge in [0.1, 0.15) is 11.3 Å². The number of aromatic amines is 1. The number of fused-ring (bicyclic) bond motifs is 1. The number of imidazole rings is 1. The van der Waals surface area contributed by atoms with Gasteiger partial charge in [-0.3, -0.25) is 4.90 Å². The van der Waals surface area contributed by atoms with E-state index < -0.39 is 11.7 Å². The number of rotatable bonds is 3. The van der Waals surface area contributed by atoms with Crippen molar-refractivity contribution in [1.29, 1.82) is 0 Å². The molecule has 0 unspecified atom stereocenters. The normalized spacial score (nSPS) is 20.2. The topological polar surface area (TPSA) is 31.9 Å². The number of nitrogens with zero attached hydrogens (tertiary/aromatic N) is 2. The Hall–Kier alpha value is -1.56. The zero-order chi connectivity index (χ0) is 17.5. The number of hydrogen-bond donors (Lipinski definition) is 1. The van der Waals surface area contributed by atoms with Crippen LogP contribution < -0.4 is 0 Å². The third kappa shape index (κ3) is 3.58. The molecule has 1 aliphatic rings. The number of aromatic nitrogens is 2. The summed E-state index contributed by atoms with van der Waals surface area (Å²) in [5.74, 6) is 1.26. The van der Waals surface area contributed by atoms with E-state index in [1.54, 1.807) is 0 Å². The molecule has 0 amide bonds. The van der Waals surface area contributed by atoms with Gasteiger partial charge < -0.3 is 4.98 Å². The van der Waals surface area contributed by atoms with E-state index in [2.05, 4.69) is 21.8 Å². The van der Waals surface area contributed by atoms with Crippen LogP contribution in [-0.2, 0) is 12.7 Å². The monoisotopic (exact) mass is 339 g/mol. The van der Waals surface area contributed by atoms with E-state index in [9.17, 15) is 13.2 Å². The fourth-order valence-electron chi connectivity index (χ4n) is 3.47. The van der Waals surface area contributed by atoms with Gasteiger partial charge in [0.2, 0.25) is 0 Å². The van der Waals surface area contributed by atoms with Gasteiger partial charge in [0.15, 0.2) is 0 Å². The smallest absolute Gasteiger partial charge is 0.342 e. The van der Waals surface area contributed by atoms with Gasteiger partial charge in [-0.2, -0.15) is 13.2 Å². The third-order valence-corrected chi connectivity index (χ3v) is 4.66.